The molecule has 1 fully saturated rings. The average Bonchev–Trinajstić information content (AvgIpc) is 3.00. The molecule has 2 aromatic carbocycles. The Morgan fingerprint density at radius 3 is 2.68 bits per heavy atom. The number of halogens is 1. The maximum atomic E-state index is 13.5. The SMILES string of the molecule is Cc1nc(N2CCC(C(=O)N3CCCCc4cc(Cl)ccc43)CC2)c2ccccc2n1. The third-order valence-corrected chi connectivity index (χ3v) is 6.75. The first-order chi connectivity index (χ1) is 15.1. The lowest BCUT2D eigenvalue weighted by atomic mass is 9.94. The van der Waals surface area contributed by atoms with E-state index in [-0.39, 0.29) is 11.8 Å². The Kier molecular flexibility index (Phi) is 5.53. The van der Waals surface area contributed by atoms with Crippen LogP contribution in [0.3, 0.4) is 0 Å². The van der Waals surface area contributed by atoms with E-state index in [1.54, 1.807) is 0 Å². The number of aryl methyl sites for hydroxylation is 2. The van der Waals surface area contributed by atoms with E-state index in [1.807, 2.05) is 48.2 Å². The Bertz CT molecular complexity index is 1120. The van der Waals surface area contributed by atoms with Crippen molar-refractivity contribution < 1.29 is 4.79 Å². The molecule has 1 aromatic heterocycles. The smallest absolute Gasteiger partial charge is 0.230 e. The summed E-state index contributed by atoms with van der Waals surface area (Å²) in [6.45, 7) is 4.40. The van der Waals surface area contributed by atoms with Gasteiger partial charge in [-0.3, -0.25) is 4.79 Å². The minimum Gasteiger partial charge on any atom is -0.356 e. The molecule has 6 heteroatoms. The Morgan fingerprint density at radius 1 is 1.03 bits per heavy atom. The number of para-hydroxylation sites is 1. The summed E-state index contributed by atoms with van der Waals surface area (Å²) in [5.74, 6) is 2.08. The van der Waals surface area contributed by atoms with Crippen LogP contribution in [0.1, 0.15) is 37.1 Å². The van der Waals surface area contributed by atoms with Crippen molar-refractivity contribution in [2.45, 2.75) is 39.0 Å². The Balaban J connectivity index is 1.34. The summed E-state index contributed by atoms with van der Waals surface area (Å²) in [6.07, 6.45) is 4.79. The fourth-order valence-electron chi connectivity index (χ4n) is 4.93. The molecule has 2 aliphatic rings. The third kappa shape index (κ3) is 3.99. The van der Waals surface area contributed by atoms with Crippen LogP contribution in [-0.4, -0.2) is 35.5 Å². The van der Waals surface area contributed by atoms with E-state index >= 15 is 0 Å². The van der Waals surface area contributed by atoms with Crippen LogP contribution in [0.4, 0.5) is 11.5 Å². The molecule has 1 amide bonds. The Morgan fingerprint density at radius 2 is 1.84 bits per heavy atom. The van der Waals surface area contributed by atoms with Crippen molar-refractivity contribution in [3.63, 3.8) is 0 Å². The zero-order valence-corrected chi connectivity index (χ0v) is 18.6. The minimum absolute atomic E-state index is 0.0482. The van der Waals surface area contributed by atoms with Crippen molar-refractivity contribution in [1.29, 1.82) is 0 Å². The highest BCUT2D eigenvalue weighted by molar-refractivity contribution is 6.30. The molecule has 0 saturated carbocycles. The van der Waals surface area contributed by atoms with Crippen molar-refractivity contribution >= 4 is 39.9 Å². The van der Waals surface area contributed by atoms with Crippen LogP contribution >= 0.6 is 11.6 Å². The number of hydrogen-bond acceptors (Lipinski definition) is 4. The van der Waals surface area contributed by atoms with Crippen molar-refractivity contribution in [2.75, 3.05) is 29.4 Å². The van der Waals surface area contributed by atoms with Crippen LogP contribution in [0.25, 0.3) is 10.9 Å². The van der Waals surface area contributed by atoms with E-state index in [1.165, 1.54) is 5.56 Å². The minimum atomic E-state index is 0.0482. The average molecular weight is 435 g/mol. The van der Waals surface area contributed by atoms with Gasteiger partial charge in [0.2, 0.25) is 5.91 Å². The predicted molar refractivity (Wildman–Crippen MR) is 126 cm³/mol. The second-order valence-electron chi connectivity index (χ2n) is 8.59. The molecule has 31 heavy (non-hydrogen) atoms. The maximum Gasteiger partial charge on any atom is 0.230 e. The number of carbonyl (C=O) groups excluding carboxylic acids is 1. The Labute approximate surface area is 188 Å². The lowest BCUT2D eigenvalue weighted by molar-refractivity contribution is -0.123. The highest BCUT2D eigenvalue weighted by Crippen LogP contribution is 2.33. The topological polar surface area (TPSA) is 49.3 Å². The second-order valence-corrected chi connectivity index (χ2v) is 9.03. The first kappa shape index (κ1) is 20.3. The largest absolute Gasteiger partial charge is 0.356 e. The molecule has 1 saturated heterocycles. The zero-order valence-electron chi connectivity index (χ0n) is 17.9. The fraction of sp³-hybridized carbons (Fsp3) is 0.400. The third-order valence-electron chi connectivity index (χ3n) is 6.51. The summed E-state index contributed by atoms with van der Waals surface area (Å²) in [4.78, 5) is 27.2. The molecule has 0 radical (unpaired) electrons. The number of rotatable bonds is 2. The number of aromatic nitrogens is 2. The van der Waals surface area contributed by atoms with Crippen LogP contribution in [0.2, 0.25) is 5.02 Å². The second kappa shape index (κ2) is 8.46. The molecule has 0 unspecified atom stereocenters. The van der Waals surface area contributed by atoms with Gasteiger partial charge < -0.3 is 9.80 Å². The van der Waals surface area contributed by atoms with Gasteiger partial charge in [-0.25, -0.2) is 9.97 Å². The first-order valence-electron chi connectivity index (χ1n) is 11.2. The summed E-state index contributed by atoms with van der Waals surface area (Å²) in [5.41, 5.74) is 3.22. The molecule has 0 aliphatic carbocycles. The molecule has 0 bridgehead atoms. The summed E-state index contributed by atoms with van der Waals surface area (Å²) >= 11 is 6.21. The fourth-order valence-corrected chi connectivity index (χ4v) is 5.12. The standard InChI is InChI=1S/C25H27ClN4O/c1-17-27-22-8-3-2-7-21(22)24(28-17)29-14-11-18(12-15-29)25(31)30-13-5-4-6-19-16-20(26)9-10-23(19)30/h2-3,7-10,16,18H,4-6,11-15H2,1H3. The Hall–Kier alpha value is -2.66. The molecule has 5 rings (SSSR count). The molecular weight excluding hydrogens is 408 g/mol. The molecule has 0 atom stereocenters. The molecule has 160 valence electrons. The van der Waals surface area contributed by atoms with Gasteiger partial charge in [0, 0.05) is 41.6 Å². The number of nitrogens with zero attached hydrogens (tertiary/aromatic N) is 4. The van der Waals surface area contributed by atoms with E-state index in [0.717, 1.165) is 85.0 Å². The van der Waals surface area contributed by atoms with Crippen LogP contribution in [-0.2, 0) is 11.2 Å². The molecule has 0 N–H and O–H groups in total. The van der Waals surface area contributed by atoms with Gasteiger partial charge in [0.15, 0.2) is 0 Å². The van der Waals surface area contributed by atoms with Crippen molar-refractivity contribution in [3.05, 3.63) is 58.9 Å². The lowest BCUT2D eigenvalue weighted by Crippen LogP contribution is -2.43. The van der Waals surface area contributed by atoms with Crippen molar-refractivity contribution in [3.8, 4) is 0 Å². The molecule has 5 nitrogen and oxygen atoms in total. The van der Waals surface area contributed by atoms with Gasteiger partial charge in [0.25, 0.3) is 0 Å². The molecular formula is C25H27ClN4O. The van der Waals surface area contributed by atoms with Gasteiger partial charge in [-0.05, 0) is 74.9 Å². The first-order valence-corrected chi connectivity index (χ1v) is 11.6. The number of hydrogen-bond donors (Lipinski definition) is 0. The summed E-state index contributed by atoms with van der Waals surface area (Å²) in [6, 6.07) is 14.1. The number of piperidine rings is 1. The number of fused-ring (bicyclic) bond motifs is 2. The van der Waals surface area contributed by atoms with Crippen LogP contribution in [0, 0.1) is 12.8 Å². The molecule has 2 aliphatic heterocycles. The zero-order chi connectivity index (χ0) is 21.4. The number of benzene rings is 2. The van der Waals surface area contributed by atoms with E-state index < -0.39 is 0 Å². The number of anilines is 2. The van der Waals surface area contributed by atoms with Crippen LogP contribution in [0.5, 0.6) is 0 Å². The lowest BCUT2D eigenvalue weighted by Gasteiger charge is -2.35. The van der Waals surface area contributed by atoms with Crippen molar-refractivity contribution in [1.82, 2.24) is 9.97 Å². The molecule has 3 aromatic rings. The highest BCUT2D eigenvalue weighted by Gasteiger charge is 2.31. The number of amides is 1. The van der Waals surface area contributed by atoms with E-state index in [0.29, 0.717) is 0 Å². The van der Waals surface area contributed by atoms with E-state index in [9.17, 15) is 4.79 Å². The number of carbonyl (C=O) groups is 1. The van der Waals surface area contributed by atoms with Gasteiger partial charge in [0.05, 0.1) is 5.52 Å². The van der Waals surface area contributed by atoms with Gasteiger partial charge in [-0.15, -0.1) is 0 Å². The van der Waals surface area contributed by atoms with E-state index in [2.05, 4.69) is 16.0 Å². The maximum absolute atomic E-state index is 13.5. The van der Waals surface area contributed by atoms with Crippen LogP contribution < -0.4 is 9.80 Å². The quantitative estimate of drug-likeness (QED) is 0.557. The van der Waals surface area contributed by atoms with Gasteiger partial charge >= 0.3 is 0 Å². The van der Waals surface area contributed by atoms with Gasteiger partial charge in [0.1, 0.15) is 11.6 Å². The van der Waals surface area contributed by atoms with Crippen LogP contribution in [0.15, 0.2) is 42.5 Å². The summed E-state index contributed by atoms with van der Waals surface area (Å²) in [7, 11) is 0. The summed E-state index contributed by atoms with van der Waals surface area (Å²) in [5, 5.41) is 1.82. The van der Waals surface area contributed by atoms with E-state index in [4.69, 9.17) is 16.6 Å². The summed E-state index contributed by atoms with van der Waals surface area (Å²) < 4.78 is 0. The molecule has 0 spiro atoms. The normalized spacial score (nSPS) is 17.5. The van der Waals surface area contributed by atoms with Crippen molar-refractivity contribution in [2.24, 2.45) is 5.92 Å². The van der Waals surface area contributed by atoms with Gasteiger partial charge in [-0.2, -0.15) is 0 Å². The monoisotopic (exact) mass is 434 g/mol. The highest BCUT2D eigenvalue weighted by atomic mass is 35.5. The van der Waals surface area contributed by atoms with Gasteiger partial charge in [-0.1, -0.05) is 23.7 Å². The molecule has 3 heterocycles. The predicted octanol–water partition coefficient (Wildman–Crippen LogP) is 5.18.